The molecule has 0 unspecified atom stereocenters. The van der Waals surface area contributed by atoms with Gasteiger partial charge in [0.1, 0.15) is 0 Å². The van der Waals surface area contributed by atoms with Gasteiger partial charge >= 0.3 is 0 Å². The van der Waals surface area contributed by atoms with E-state index in [2.05, 4.69) is 41.5 Å². The molecule has 194 valence electrons. The van der Waals surface area contributed by atoms with Crippen LogP contribution in [0.15, 0.2) is 0 Å². The van der Waals surface area contributed by atoms with Gasteiger partial charge in [-0.3, -0.25) is 0 Å². The second-order valence-corrected chi connectivity index (χ2v) is 18.1. The Morgan fingerprint density at radius 1 is 0.471 bits per heavy atom. The van der Waals surface area contributed by atoms with Gasteiger partial charge in [-0.1, -0.05) is 54.4 Å². The molecule has 0 aliphatic heterocycles. The highest BCUT2D eigenvalue weighted by Gasteiger charge is 2.76. The predicted octanol–water partition coefficient (Wildman–Crippen LogP) is 7.98. The quantitative estimate of drug-likeness (QED) is 0.372. The van der Waals surface area contributed by atoms with Crippen molar-refractivity contribution in [2.45, 2.75) is 150 Å². The van der Waals surface area contributed by atoms with E-state index in [9.17, 15) is 0 Å². The third-order valence-corrected chi connectivity index (χ3v) is 12.9. The zero-order chi connectivity index (χ0) is 24.5. The second-order valence-electron chi connectivity index (χ2n) is 18.1. The van der Waals surface area contributed by atoms with Crippen LogP contribution in [0.25, 0.3) is 0 Å². The normalized spacial score (nSPS) is 58.9. The Balaban J connectivity index is 1.48. The first-order valence-corrected chi connectivity index (χ1v) is 15.0. The van der Waals surface area contributed by atoms with Crippen LogP contribution in [-0.2, 0) is 0 Å². The van der Waals surface area contributed by atoms with E-state index in [4.69, 9.17) is 11.5 Å². The van der Waals surface area contributed by atoms with Crippen molar-refractivity contribution in [3.8, 4) is 0 Å². The fourth-order valence-corrected chi connectivity index (χ4v) is 15.3. The van der Waals surface area contributed by atoms with Crippen molar-refractivity contribution in [1.29, 1.82) is 0 Å². The molecule has 8 aliphatic rings. The van der Waals surface area contributed by atoms with Gasteiger partial charge in [-0.25, -0.2) is 0 Å². The Hall–Kier alpha value is -0.0800. The Bertz CT molecular complexity index is 701. The zero-order valence-corrected chi connectivity index (χ0v) is 23.7. The van der Waals surface area contributed by atoms with Crippen molar-refractivity contribution in [3.63, 3.8) is 0 Å². The van der Waals surface area contributed by atoms with Gasteiger partial charge in [0.15, 0.2) is 0 Å². The summed E-state index contributed by atoms with van der Waals surface area (Å²) >= 11 is 0. The molecular weight excluding hydrogens is 412 g/mol. The summed E-state index contributed by atoms with van der Waals surface area (Å²) in [5.41, 5.74) is 17.9. The molecule has 0 aromatic carbocycles. The van der Waals surface area contributed by atoms with E-state index in [1.165, 1.54) is 96.3 Å². The van der Waals surface area contributed by atoms with Gasteiger partial charge in [-0.2, -0.15) is 0 Å². The Morgan fingerprint density at radius 2 is 0.765 bits per heavy atom. The topological polar surface area (TPSA) is 52.0 Å². The van der Waals surface area contributed by atoms with E-state index in [-0.39, 0.29) is 5.54 Å². The first-order chi connectivity index (χ1) is 15.5. The maximum atomic E-state index is 8.30. The summed E-state index contributed by atoms with van der Waals surface area (Å²) in [5, 5.41) is 0. The molecule has 4 N–H and O–H groups in total. The van der Waals surface area contributed by atoms with Crippen LogP contribution in [0.4, 0.5) is 0 Å². The molecule has 8 aliphatic carbocycles. The standard InChI is InChI=1S/C32H56N2/c1-24-12-25(2)14-26(3,13-24)20-30(18-24,19-25)32(34,10-8-7-9-11-33)31-21-27(4)15-28(5,22-31)17-29(6,16-27)23-31/h7-23,33-34H2,1-6H3. The minimum Gasteiger partial charge on any atom is -0.330 e. The largest absolute Gasteiger partial charge is 0.330 e. The molecule has 0 atom stereocenters. The minimum absolute atomic E-state index is 0.0231. The number of unbranched alkanes of at least 4 members (excludes halogenated alkanes) is 2. The average Bonchev–Trinajstić information content (AvgIpc) is 2.56. The highest BCUT2D eigenvalue weighted by atomic mass is 14.9. The molecule has 8 rings (SSSR count). The molecule has 8 fully saturated rings. The van der Waals surface area contributed by atoms with E-state index >= 15 is 0 Å². The molecule has 0 radical (unpaired) electrons. The molecule has 0 aromatic rings. The molecule has 0 spiro atoms. The van der Waals surface area contributed by atoms with Crippen LogP contribution in [0.5, 0.6) is 0 Å². The smallest absolute Gasteiger partial charge is 0.0269 e. The van der Waals surface area contributed by atoms with Crippen molar-refractivity contribution in [3.05, 3.63) is 0 Å². The van der Waals surface area contributed by atoms with Gasteiger partial charge in [0.05, 0.1) is 0 Å². The monoisotopic (exact) mass is 468 g/mol. The van der Waals surface area contributed by atoms with E-state index in [0.29, 0.717) is 43.3 Å². The predicted molar refractivity (Wildman–Crippen MR) is 143 cm³/mol. The van der Waals surface area contributed by atoms with Crippen LogP contribution in [0.2, 0.25) is 0 Å². The molecule has 0 aromatic heterocycles. The van der Waals surface area contributed by atoms with E-state index in [1.54, 1.807) is 0 Å². The maximum Gasteiger partial charge on any atom is 0.0269 e. The Labute approximate surface area is 211 Å². The zero-order valence-electron chi connectivity index (χ0n) is 23.7. The van der Waals surface area contributed by atoms with Gasteiger partial charge in [0.25, 0.3) is 0 Å². The lowest BCUT2D eigenvalue weighted by atomic mass is 9.27. The van der Waals surface area contributed by atoms with Crippen molar-refractivity contribution < 1.29 is 0 Å². The van der Waals surface area contributed by atoms with Gasteiger partial charge in [0, 0.05) is 5.54 Å². The van der Waals surface area contributed by atoms with Gasteiger partial charge in [-0.15, -0.1) is 0 Å². The first-order valence-electron chi connectivity index (χ1n) is 15.0. The number of hydrogen-bond donors (Lipinski definition) is 2. The SMILES string of the molecule is CC12CC3(C)CC(C)(C1)CC(C(N)(CCCCCN)C14CC5(C)CC(C)(CC(C)(C5)C1)C4)(C2)C3. The molecule has 2 nitrogen and oxygen atoms in total. The second kappa shape index (κ2) is 6.67. The molecule has 0 saturated heterocycles. The minimum atomic E-state index is -0.0231. The van der Waals surface area contributed by atoms with Crippen LogP contribution >= 0.6 is 0 Å². The van der Waals surface area contributed by atoms with E-state index < -0.39 is 0 Å². The lowest BCUT2D eigenvalue weighted by molar-refractivity contribution is -0.272. The summed E-state index contributed by atoms with van der Waals surface area (Å²) in [6, 6.07) is 0. The summed E-state index contributed by atoms with van der Waals surface area (Å²) in [7, 11) is 0. The first kappa shape index (κ1) is 24.3. The highest BCUT2D eigenvalue weighted by Crippen LogP contribution is 2.82. The van der Waals surface area contributed by atoms with Gasteiger partial charge in [0.2, 0.25) is 0 Å². The number of nitrogens with two attached hydrogens (primary N) is 2. The van der Waals surface area contributed by atoms with Crippen molar-refractivity contribution in [2.24, 2.45) is 54.8 Å². The van der Waals surface area contributed by atoms with Crippen molar-refractivity contribution in [1.82, 2.24) is 0 Å². The van der Waals surface area contributed by atoms with Crippen LogP contribution in [0.3, 0.4) is 0 Å². The molecule has 34 heavy (non-hydrogen) atoms. The molecule has 8 saturated carbocycles. The fourth-order valence-electron chi connectivity index (χ4n) is 15.3. The summed E-state index contributed by atoms with van der Waals surface area (Å²) in [6.07, 6.45) is 22.1. The summed E-state index contributed by atoms with van der Waals surface area (Å²) < 4.78 is 0. The van der Waals surface area contributed by atoms with Gasteiger partial charge < -0.3 is 11.5 Å². The molecule has 8 bridgehead atoms. The fraction of sp³-hybridized carbons (Fsp3) is 1.00. The highest BCUT2D eigenvalue weighted by molar-refractivity contribution is 5.28. The van der Waals surface area contributed by atoms with E-state index in [0.717, 1.165) is 13.0 Å². The third kappa shape index (κ3) is 3.25. The Morgan fingerprint density at radius 3 is 1.03 bits per heavy atom. The van der Waals surface area contributed by atoms with Crippen LogP contribution in [-0.4, -0.2) is 12.1 Å². The van der Waals surface area contributed by atoms with Crippen molar-refractivity contribution >= 4 is 0 Å². The Kier molecular flexibility index (Phi) is 4.76. The third-order valence-electron chi connectivity index (χ3n) is 12.9. The molecular formula is C32H56N2. The molecule has 0 heterocycles. The van der Waals surface area contributed by atoms with Gasteiger partial charge in [-0.05, 0) is 140 Å². The van der Waals surface area contributed by atoms with Crippen LogP contribution in [0.1, 0.15) is 144 Å². The van der Waals surface area contributed by atoms with Crippen LogP contribution in [0, 0.1) is 43.3 Å². The van der Waals surface area contributed by atoms with E-state index in [1.807, 2.05) is 0 Å². The summed E-state index contributed by atoms with van der Waals surface area (Å²) in [6.45, 7) is 16.8. The van der Waals surface area contributed by atoms with Crippen LogP contribution < -0.4 is 11.5 Å². The summed E-state index contributed by atoms with van der Waals surface area (Å²) in [4.78, 5) is 0. The number of hydrogen-bond acceptors (Lipinski definition) is 2. The lowest BCUT2D eigenvalue weighted by Gasteiger charge is -2.79. The molecule has 2 heteroatoms. The summed E-state index contributed by atoms with van der Waals surface area (Å²) in [5.74, 6) is 0. The average molecular weight is 469 g/mol. The molecule has 0 amide bonds. The lowest BCUT2D eigenvalue weighted by Crippen LogP contribution is -2.77. The number of rotatable bonds is 7. The van der Waals surface area contributed by atoms with Crippen molar-refractivity contribution in [2.75, 3.05) is 6.54 Å². The maximum absolute atomic E-state index is 8.30.